The van der Waals surface area contributed by atoms with Crippen molar-refractivity contribution < 1.29 is 18.4 Å². The van der Waals surface area contributed by atoms with Crippen LogP contribution in [0.3, 0.4) is 0 Å². The van der Waals surface area contributed by atoms with E-state index in [4.69, 9.17) is 8.83 Å². The van der Waals surface area contributed by atoms with Gasteiger partial charge in [-0.2, -0.15) is 0 Å². The van der Waals surface area contributed by atoms with Gasteiger partial charge >= 0.3 is 5.63 Å². The molecule has 134 valence electrons. The van der Waals surface area contributed by atoms with Crippen molar-refractivity contribution in [2.24, 2.45) is 0 Å². The summed E-state index contributed by atoms with van der Waals surface area (Å²) >= 11 is 0. The van der Waals surface area contributed by atoms with Crippen LogP contribution in [0.25, 0.3) is 21.9 Å². The normalized spacial score (nSPS) is 12.3. The van der Waals surface area contributed by atoms with Crippen LogP contribution in [0.5, 0.6) is 5.75 Å². The molecule has 3 aromatic rings. The van der Waals surface area contributed by atoms with Crippen molar-refractivity contribution in [3.63, 3.8) is 0 Å². The van der Waals surface area contributed by atoms with Gasteiger partial charge in [-0.1, -0.05) is 0 Å². The third-order valence-corrected chi connectivity index (χ3v) is 4.51. The molecule has 2 heterocycles. The maximum Gasteiger partial charge on any atom is 0.347 e. The van der Waals surface area contributed by atoms with Gasteiger partial charge < -0.3 is 18.4 Å². The molecule has 1 aromatic carbocycles. The van der Waals surface area contributed by atoms with Crippen molar-refractivity contribution in [2.45, 2.75) is 32.6 Å². The van der Waals surface area contributed by atoms with Crippen LogP contribution in [0.1, 0.15) is 30.6 Å². The van der Waals surface area contributed by atoms with Crippen molar-refractivity contribution in [3.8, 4) is 5.75 Å². The van der Waals surface area contributed by atoms with E-state index in [1.807, 2.05) is 6.07 Å². The highest BCUT2D eigenvalue weighted by Crippen LogP contribution is 2.32. The highest BCUT2D eigenvalue weighted by atomic mass is 16.4. The maximum atomic E-state index is 12.4. The lowest BCUT2D eigenvalue weighted by Crippen LogP contribution is -2.35. The van der Waals surface area contributed by atoms with Gasteiger partial charge in [0.05, 0.1) is 27.7 Å². The maximum absolute atomic E-state index is 12.4. The second-order valence-electron chi connectivity index (χ2n) is 7.80. The van der Waals surface area contributed by atoms with Gasteiger partial charge in [-0.15, -0.1) is 0 Å². The second kappa shape index (κ2) is 6.56. The zero-order valence-corrected chi connectivity index (χ0v) is 15.4. The Bertz CT molecular complexity index is 960. The zero-order valence-electron chi connectivity index (χ0n) is 15.4. The predicted octanol–water partition coefficient (Wildman–Crippen LogP) is 3.97. The zero-order chi connectivity index (χ0) is 18.2. The summed E-state index contributed by atoms with van der Waals surface area (Å²) in [6.45, 7) is 2.93. The number of quaternary nitrogens is 1. The summed E-state index contributed by atoms with van der Waals surface area (Å²) in [4.78, 5) is 12.4. The van der Waals surface area contributed by atoms with Crippen LogP contribution in [-0.4, -0.2) is 37.3 Å². The molecule has 0 spiro atoms. The lowest BCUT2D eigenvalue weighted by Gasteiger charge is -2.23. The Morgan fingerprint density at radius 3 is 2.48 bits per heavy atom. The molecule has 25 heavy (non-hydrogen) atoms. The summed E-state index contributed by atoms with van der Waals surface area (Å²) in [6.07, 6.45) is 3.96. The van der Waals surface area contributed by atoms with Crippen molar-refractivity contribution in [1.29, 1.82) is 0 Å². The monoisotopic (exact) mass is 344 g/mol. The van der Waals surface area contributed by atoms with E-state index in [0.717, 1.165) is 36.7 Å². The number of hydrogen-bond acceptors (Lipinski definition) is 4. The Morgan fingerprint density at radius 1 is 1.00 bits per heavy atom. The first-order chi connectivity index (χ1) is 11.7. The number of benzene rings is 1. The van der Waals surface area contributed by atoms with Gasteiger partial charge in [0.25, 0.3) is 0 Å². The fourth-order valence-corrected chi connectivity index (χ4v) is 3.10. The molecular weight excluding hydrogens is 318 g/mol. The minimum atomic E-state index is -0.402. The first-order valence-corrected chi connectivity index (χ1v) is 8.74. The van der Waals surface area contributed by atoms with Gasteiger partial charge in [0.1, 0.15) is 28.1 Å². The van der Waals surface area contributed by atoms with E-state index in [2.05, 4.69) is 21.1 Å². The summed E-state index contributed by atoms with van der Waals surface area (Å²) in [6, 6.07) is 5.12. The molecule has 5 heteroatoms. The van der Waals surface area contributed by atoms with Crippen molar-refractivity contribution >= 4 is 21.9 Å². The van der Waals surface area contributed by atoms with Gasteiger partial charge in [0.2, 0.25) is 0 Å². The Morgan fingerprint density at radius 2 is 1.76 bits per heavy atom. The molecule has 0 saturated carbocycles. The molecule has 0 radical (unpaired) electrons. The number of unbranched alkanes of at least 4 members (excludes halogenated alkanes) is 2. The number of aryl methyl sites for hydroxylation is 2. The summed E-state index contributed by atoms with van der Waals surface area (Å²) in [7, 11) is 6.57. The van der Waals surface area contributed by atoms with E-state index < -0.39 is 5.63 Å². The van der Waals surface area contributed by atoms with Crippen LogP contribution in [0.2, 0.25) is 0 Å². The van der Waals surface area contributed by atoms with Crippen LogP contribution < -0.4 is 5.63 Å². The fourth-order valence-electron chi connectivity index (χ4n) is 3.10. The summed E-state index contributed by atoms with van der Waals surface area (Å²) in [5.74, 6) is 0.804. The molecule has 0 aliphatic heterocycles. The van der Waals surface area contributed by atoms with Crippen LogP contribution in [0, 0.1) is 6.92 Å². The Balaban J connectivity index is 1.80. The van der Waals surface area contributed by atoms with Crippen molar-refractivity contribution in [2.75, 3.05) is 27.7 Å². The first kappa shape index (κ1) is 17.5. The molecule has 0 fully saturated rings. The molecule has 1 N–H and O–H groups in total. The van der Waals surface area contributed by atoms with Crippen LogP contribution >= 0.6 is 0 Å². The minimum absolute atomic E-state index is 0.149. The predicted molar refractivity (Wildman–Crippen MR) is 99.1 cm³/mol. The second-order valence-corrected chi connectivity index (χ2v) is 7.80. The summed E-state index contributed by atoms with van der Waals surface area (Å²) < 4.78 is 12.2. The number of fused-ring (bicyclic) bond motifs is 3. The molecule has 0 atom stereocenters. The van der Waals surface area contributed by atoms with E-state index in [9.17, 15) is 9.90 Å². The Labute approximate surface area is 147 Å². The SMILES string of the molecule is Cc1cc2oc3cc(CCCCC[N+](C)(C)C)oc(=O)c3c2cc1O. The van der Waals surface area contributed by atoms with Crippen molar-refractivity contribution in [1.82, 2.24) is 0 Å². The van der Waals surface area contributed by atoms with E-state index in [1.165, 1.54) is 0 Å². The molecule has 0 aliphatic carbocycles. The van der Waals surface area contributed by atoms with Gasteiger partial charge in [0.15, 0.2) is 0 Å². The van der Waals surface area contributed by atoms with Gasteiger partial charge in [-0.25, -0.2) is 4.79 Å². The summed E-state index contributed by atoms with van der Waals surface area (Å²) in [5, 5.41) is 10.9. The Hall–Kier alpha value is -2.27. The van der Waals surface area contributed by atoms with Crippen LogP contribution in [0.4, 0.5) is 0 Å². The number of hydrogen-bond donors (Lipinski definition) is 1. The number of phenolic OH excluding ortho intramolecular Hbond substituents is 1. The van der Waals surface area contributed by atoms with E-state index in [0.29, 0.717) is 33.3 Å². The van der Waals surface area contributed by atoms with Crippen LogP contribution in [-0.2, 0) is 6.42 Å². The topological polar surface area (TPSA) is 63.6 Å². The van der Waals surface area contributed by atoms with E-state index in [1.54, 1.807) is 19.1 Å². The molecule has 0 bridgehead atoms. The standard InChI is InChI=1S/C20H25NO4/c1-13-10-17-15(12-16(13)22)19-18(25-17)11-14(24-20(19)23)8-6-5-7-9-21(2,3)4/h10-12H,5-9H2,1-4H3/p+1. The Kier molecular flexibility index (Phi) is 4.60. The summed E-state index contributed by atoms with van der Waals surface area (Å²) in [5.41, 5.74) is 1.43. The first-order valence-electron chi connectivity index (χ1n) is 8.74. The average molecular weight is 344 g/mol. The lowest BCUT2D eigenvalue weighted by atomic mass is 10.1. The van der Waals surface area contributed by atoms with Gasteiger partial charge in [-0.05, 0) is 43.9 Å². The average Bonchev–Trinajstić information content (AvgIpc) is 2.84. The van der Waals surface area contributed by atoms with Crippen molar-refractivity contribution in [3.05, 3.63) is 39.9 Å². The number of nitrogens with zero attached hydrogens (tertiary/aromatic N) is 1. The molecule has 0 amide bonds. The molecule has 5 nitrogen and oxygen atoms in total. The minimum Gasteiger partial charge on any atom is -0.508 e. The molecule has 0 aliphatic rings. The molecule has 0 unspecified atom stereocenters. The number of rotatable bonds is 6. The highest BCUT2D eigenvalue weighted by molar-refractivity contribution is 6.04. The fraction of sp³-hybridized carbons (Fsp3) is 0.450. The van der Waals surface area contributed by atoms with E-state index in [-0.39, 0.29) is 5.75 Å². The number of furan rings is 1. The third-order valence-electron chi connectivity index (χ3n) is 4.51. The molecular formula is C20H26NO4+. The molecule has 3 rings (SSSR count). The number of aromatic hydroxyl groups is 1. The quantitative estimate of drug-likeness (QED) is 0.543. The third kappa shape index (κ3) is 3.87. The largest absolute Gasteiger partial charge is 0.508 e. The molecule has 0 saturated heterocycles. The smallest absolute Gasteiger partial charge is 0.347 e. The molecule has 2 aromatic heterocycles. The van der Waals surface area contributed by atoms with Crippen LogP contribution in [0.15, 0.2) is 31.8 Å². The lowest BCUT2D eigenvalue weighted by molar-refractivity contribution is -0.870. The number of phenols is 1. The van der Waals surface area contributed by atoms with E-state index >= 15 is 0 Å². The highest BCUT2D eigenvalue weighted by Gasteiger charge is 2.15. The van der Waals surface area contributed by atoms with Gasteiger partial charge in [0, 0.05) is 17.9 Å². The van der Waals surface area contributed by atoms with Gasteiger partial charge in [-0.3, -0.25) is 0 Å².